The second kappa shape index (κ2) is 4.83. The van der Waals surface area contributed by atoms with Crippen LogP contribution in [0.25, 0.3) is 0 Å². The van der Waals surface area contributed by atoms with Crippen molar-refractivity contribution in [1.82, 2.24) is 4.90 Å². The van der Waals surface area contributed by atoms with E-state index in [2.05, 4.69) is 4.40 Å². The Hall–Kier alpha value is 0.730. The summed E-state index contributed by atoms with van der Waals surface area (Å²) in [6.07, 6.45) is 0. The molecule has 1 aliphatic rings. The molecule has 1 rings (SSSR count). The van der Waals surface area contributed by atoms with Gasteiger partial charge in [-0.3, -0.25) is 0 Å². The Morgan fingerprint density at radius 2 is 2.25 bits per heavy atom. The minimum atomic E-state index is -4.46. The summed E-state index contributed by atoms with van der Waals surface area (Å²) in [4.78, 5) is 1.64. The van der Waals surface area contributed by atoms with Gasteiger partial charge in [0.05, 0.1) is 0 Å². The first-order chi connectivity index (χ1) is 4.99. The molecule has 0 saturated carbocycles. The molecule has 1 aliphatic heterocycles. The molecular weight excluding hydrogens is 211 g/mol. The molecule has 5 nitrogen and oxygen atoms in total. The van der Waals surface area contributed by atoms with Gasteiger partial charge in [-0.1, -0.05) is 11.8 Å². The first-order valence-corrected chi connectivity index (χ1v) is 5.24. The van der Waals surface area contributed by atoms with E-state index in [4.69, 9.17) is 0 Å². The van der Waals surface area contributed by atoms with Gasteiger partial charge >= 0.3 is 29.6 Å². The second-order valence-corrected chi connectivity index (χ2v) is 4.17. The Morgan fingerprint density at radius 3 is 2.58 bits per heavy atom. The third-order valence-corrected chi connectivity index (χ3v) is 2.73. The van der Waals surface area contributed by atoms with Crippen LogP contribution in [0.3, 0.4) is 0 Å². The van der Waals surface area contributed by atoms with E-state index in [0.717, 1.165) is 12.3 Å². The summed E-state index contributed by atoms with van der Waals surface area (Å²) < 4.78 is 33.5. The molecule has 64 valence electrons. The summed E-state index contributed by atoms with van der Waals surface area (Å²) in [6, 6.07) is 0. The van der Waals surface area contributed by atoms with Crippen molar-refractivity contribution in [3.8, 4) is 0 Å². The Kier molecular flexibility index (Phi) is 5.12. The fraction of sp³-hybridized carbons (Fsp3) is 0.750. The molecule has 0 aromatic carbocycles. The largest absolute Gasteiger partial charge is 1.00 e. The fourth-order valence-corrected chi connectivity index (χ4v) is 2.35. The third kappa shape index (κ3) is 4.11. The normalized spacial score (nSPS) is 21.2. The van der Waals surface area contributed by atoms with Crippen LogP contribution >= 0.6 is 11.8 Å². The van der Waals surface area contributed by atoms with Gasteiger partial charge in [-0.05, 0) is 0 Å². The topological polar surface area (TPSA) is 72.8 Å². The van der Waals surface area contributed by atoms with Crippen LogP contribution in [0.2, 0.25) is 0 Å². The van der Waals surface area contributed by atoms with Crippen molar-refractivity contribution in [1.29, 1.82) is 0 Å². The van der Waals surface area contributed by atoms with E-state index in [9.17, 15) is 13.0 Å². The van der Waals surface area contributed by atoms with E-state index in [1.54, 1.807) is 11.9 Å². The van der Waals surface area contributed by atoms with Crippen molar-refractivity contribution in [3.63, 3.8) is 0 Å². The smallest absolute Gasteiger partial charge is 0.729 e. The van der Waals surface area contributed by atoms with Crippen LogP contribution in [-0.2, 0) is 10.3 Å². The maximum absolute atomic E-state index is 10.1. The fourth-order valence-electron chi connectivity index (χ4n) is 0.671. The number of thioether (sulfide) groups is 1. The third-order valence-electron chi connectivity index (χ3n) is 1.17. The van der Waals surface area contributed by atoms with Gasteiger partial charge in [0, 0.05) is 19.3 Å². The molecule has 1 fully saturated rings. The average Bonchev–Trinajstić information content (AvgIpc) is 2.12. The van der Waals surface area contributed by atoms with E-state index >= 15 is 0 Å². The van der Waals surface area contributed by atoms with E-state index in [1.807, 2.05) is 0 Å². The van der Waals surface area contributed by atoms with E-state index in [-0.39, 0.29) is 29.6 Å². The van der Waals surface area contributed by atoms with Gasteiger partial charge in [0.25, 0.3) is 0 Å². The Balaban J connectivity index is 0.00000121. The maximum atomic E-state index is 10.1. The molecule has 0 aromatic rings. The summed E-state index contributed by atoms with van der Waals surface area (Å²) >= 11 is 1.27. The van der Waals surface area contributed by atoms with Crippen molar-refractivity contribution >= 4 is 27.2 Å². The molecule has 0 atom stereocenters. The van der Waals surface area contributed by atoms with Crippen molar-refractivity contribution in [3.05, 3.63) is 0 Å². The minimum absolute atomic E-state index is 0. The van der Waals surface area contributed by atoms with Crippen molar-refractivity contribution in [2.24, 2.45) is 4.40 Å². The quantitative estimate of drug-likeness (QED) is 0.337. The molecule has 0 amide bonds. The minimum Gasteiger partial charge on any atom is -0.729 e. The molecule has 0 radical (unpaired) electrons. The van der Waals surface area contributed by atoms with Gasteiger partial charge in [-0.15, -0.1) is 4.40 Å². The predicted molar refractivity (Wildman–Crippen MR) is 42.2 cm³/mol. The molecule has 1 heterocycles. The summed E-state index contributed by atoms with van der Waals surface area (Å²) in [7, 11) is -2.77. The first kappa shape index (κ1) is 12.7. The Morgan fingerprint density at radius 1 is 1.67 bits per heavy atom. The molecule has 8 heteroatoms. The van der Waals surface area contributed by atoms with Gasteiger partial charge in [-0.2, -0.15) is 0 Å². The second-order valence-electron chi connectivity index (χ2n) is 2.07. The molecule has 0 unspecified atom stereocenters. The number of rotatable bonds is 1. The average molecular weight is 218 g/mol. The standard InChI is InChI=1S/C4H8N2O3S2.Na/c1-6-2-3-10-4(6)5-11(7,8)9;/h2-3H2,1H3,(H,7,8,9);/q;+1/p-1/b5-4-;. The van der Waals surface area contributed by atoms with Crippen LogP contribution in [0, 0.1) is 0 Å². The van der Waals surface area contributed by atoms with Crippen LogP contribution in [-0.4, -0.2) is 42.4 Å². The van der Waals surface area contributed by atoms with E-state index < -0.39 is 10.3 Å². The Labute approximate surface area is 97.8 Å². The SMILES string of the molecule is CN1CCS/C1=N\S(=O)(=O)[O-].[Na+]. The molecular formula is C4H7N2NaO3S2. The monoisotopic (exact) mass is 218 g/mol. The summed E-state index contributed by atoms with van der Waals surface area (Å²) in [6.45, 7) is 0.735. The number of amidine groups is 1. The molecule has 0 aliphatic carbocycles. The molecule has 0 bridgehead atoms. The summed E-state index contributed by atoms with van der Waals surface area (Å²) in [5.74, 6) is 0.783. The maximum Gasteiger partial charge on any atom is 1.00 e. The van der Waals surface area contributed by atoms with Crippen LogP contribution in [0.15, 0.2) is 4.40 Å². The van der Waals surface area contributed by atoms with Crippen molar-refractivity contribution < 1.29 is 42.5 Å². The van der Waals surface area contributed by atoms with Crippen molar-refractivity contribution in [2.75, 3.05) is 19.3 Å². The van der Waals surface area contributed by atoms with Gasteiger partial charge < -0.3 is 9.45 Å². The molecule has 1 saturated heterocycles. The van der Waals surface area contributed by atoms with Gasteiger partial charge in [0.2, 0.25) is 10.3 Å². The van der Waals surface area contributed by atoms with Crippen LogP contribution in [0.1, 0.15) is 0 Å². The van der Waals surface area contributed by atoms with Crippen LogP contribution < -0.4 is 29.6 Å². The zero-order chi connectivity index (χ0) is 8.48. The van der Waals surface area contributed by atoms with Gasteiger partial charge in [0.1, 0.15) is 0 Å². The van der Waals surface area contributed by atoms with E-state index in [0.29, 0.717) is 5.17 Å². The summed E-state index contributed by atoms with van der Waals surface area (Å²) in [5, 5.41) is 0.292. The number of hydrogen-bond donors (Lipinski definition) is 0. The van der Waals surface area contributed by atoms with Crippen LogP contribution in [0.4, 0.5) is 0 Å². The number of nitrogens with zero attached hydrogens (tertiary/aromatic N) is 2. The first-order valence-electron chi connectivity index (χ1n) is 2.89. The number of hydrogen-bond acceptors (Lipinski definition) is 4. The molecule has 0 aromatic heterocycles. The predicted octanol–water partition coefficient (Wildman–Crippen LogP) is -3.51. The molecule has 12 heavy (non-hydrogen) atoms. The van der Waals surface area contributed by atoms with E-state index in [1.165, 1.54) is 11.8 Å². The molecule has 0 spiro atoms. The Bertz CT molecular complexity index is 276. The zero-order valence-corrected chi connectivity index (χ0v) is 10.5. The summed E-state index contributed by atoms with van der Waals surface area (Å²) in [5.41, 5.74) is 0. The van der Waals surface area contributed by atoms with Crippen LogP contribution in [0.5, 0.6) is 0 Å². The van der Waals surface area contributed by atoms with Crippen molar-refractivity contribution in [2.45, 2.75) is 0 Å². The van der Waals surface area contributed by atoms with Gasteiger partial charge in [0.15, 0.2) is 5.17 Å². The molecule has 0 N–H and O–H groups in total. The zero-order valence-electron chi connectivity index (χ0n) is 6.85. The van der Waals surface area contributed by atoms with Gasteiger partial charge in [-0.25, -0.2) is 8.42 Å².